The first kappa shape index (κ1) is 13.3. The van der Waals surface area contributed by atoms with Gasteiger partial charge in [-0.1, -0.05) is 17.7 Å². The second-order valence-electron chi connectivity index (χ2n) is 3.59. The molecule has 0 aliphatic carbocycles. The third-order valence-corrected chi connectivity index (χ3v) is 2.76. The van der Waals surface area contributed by atoms with E-state index in [0.29, 0.717) is 11.4 Å². The zero-order valence-electron chi connectivity index (χ0n) is 9.49. The summed E-state index contributed by atoms with van der Waals surface area (Å²) in [7, 11) is 0. The molecule has 4 heteroatoms. The van der Waals surface area contributed by atoms with Crippen molar-refractivity contribution < 1.29 is 10.2 Å². The molecule has 1 rings (SSSR count). The Balaban J connectivity index is 2.92. The van der Waals surface area contributed by atoms with E-state index in [9.17, 15) is 5.11 Å². The van der Waals surface area contributed by atoms with Crippen LogP contribution in [0, 0.1) is 0 Å². The van der Waals surface area contributed by atoms with Gasteiger partial charge in [0.15, 0.2) is 0 Å². The lowest BCUT2D eigenvalue weighted by Crippen LogP contribution is -2.25. The van der Waals surface area contributed by atoms with Gasteiger partial charge >= 0.3 is 0 Å². The van der Waals surface area contributed by atoms with Crippen LogP contribution in [0.4, 0.5) is 5.69 Å². The molecule has 0 unspecified atom stereocenters. The van der Waals surface area contributed by atoms with Crippen LogP contribution in [0.25, 0.3) is 0 Å². The van der Waals surface area contributed by atoms with Crippen LogP contribution in [0.15, 0.2) is 18.2 Å². The second-order valence-corrected chi connectivity index (χ2v) is 4.02. The van der Waals surface area contributed by atoms with Gasteiger partial charge in [-0.2, -0.15) is 0 Å². The molecule has 0 spiro atoms. The minimum Gasteiger partial charge on any atom is -0.396 e. The number of aliphatic hydroxyl groups is 2. The van der Waals surface area contributed by atoms with E-state index < -0.39 is 0 Å². The highest BCUT2D eigenvalue weighted by Gasteiger charge is 2.09. The average molecular weight is 244 g/mol. The fourth-order valence-electron chi connectivity index (χ4n) is 1.68. The molecule has 0 fully saturated rings. The number of hydrogen-bond acceptors (Lipinski definition) is 3. The Labute approximate surface area is 101 Å². The molecule has 0 aliphatic rings. The van der Waals surface area contributed by atoms with Gasteiger partial charge in [-0.15, -0.1) is 0 Å². The molecule has 1 aromatic carbocycles. The summed E-state index contributed by atoms with van der Waals surface area (Å²) < 4.78 is 0. The fraction of sp³-hybridized carbons (Fsp3) is 0.500. The van der Waals surface area contributed by atoms with E-state index in [-0.39, 0.29) is 13.2 Å². The third kappa shape index (κ3) is 3.37. The van der Waals surface area contributed by atoms with Gasteiger partial charge in [0.05, 0.1) is 6.61 Å². The van der Waals surface area contributed by atoms with Gasteiger partial charge in [0.1, 0.15) is 0 Å². The summed E-state index contributed by atoms with van der Waals surface area (Å²) >= 11 is 5.95. The lowest BCUT2D eigenvalue weighted by Gasteiger charge is -2.25. The highest BCUT2D eigenvalue weighted by molar-refractivity contribution is 6.30. The number of hydrogen-bond donors (Lipinski definition) is 2. The van der Waals surface area contributed by atoms with Gasteiger partial charge in [-0.25, -0.2) is 0 Å². The van der Waals surface area contributed by atoms with Crippen molar-refractivity contribution in [2.45, 2.75) is 20.0 Å². The molecule has 0 heterocycles. The number of aliphatic hydroxyl groups excluding tert-OH is 2. The number of benzene rings is 1. The van der Waals surface area contributed by atoms with E-state index in [1.165, 1.54) is 0 Å². The van der Waals surface area contributed by atoms with Crippen molar-refractivity contribution in [1.82, 2.24) is 0 Å². The minimum absolute atomic E-state index is 0.00211. The van der Waals surface area contributed by atoms with Gasteiger partial charge < -0.3 is 15.1 Å². The monoisotopic (exact) mass is 243 g/mol. The van der Waals surface area contributed by atoms with E-state index in [0.717, 1.165) is 24.3 Å². The van der Waals surface area contributed by atoms with E-state index in [1.54, 1.807) is 6.07 Å². The maximum Gasteiger partial charge on any atom is 0.0702 e. The zero-order valence-corrected chi connectivity index (χ0v) is 10.2. The maximum atomic E-state index is 9.26. The van der Waals surface area contributed by atoms with Crippen LogP contribution in [0.5, 0.6) is 0 Å². The molecule has 0 radical (unpaired) electrons. The van der Waals surface area contributed by atoms with Crippen molar-refractivity contribution in [2.75, 3.05) is 24.6 Å². The quantitative estimate of drug-likeness (QED) is 0.804. The van der Waals surface area contributed by atoms with Crippen molar-refractivity contribution in [3.05, 3.63) is 28.8 Å². The minimum atomic E-state index is 0.00211. The Morgan fingerprint density at radius 1 is 1.31 bits per heavy atom. The molecule has 0 bridgehead atoms. The van der Waals surface area contributed by atoms with Gasteiger partial charge in [-0.05, 0) is 25.5 Å². The van der Waals surface area contributed by atoms with Crippen LogP contribution in [0.1, 0.15) is 18.9 Å². The molecule has 0 aliphatic heterocycles. The Bertz CT molecular complexity index is 331. The normalized spacial score (nSPS) is 10.5. The molecular formula is C12H18ClNO2. The maximum absolute atomic E-state index is 9.26. The van der Waals surface area contributed by atoms with Crippen LogP contribution in [-0.4, -0.2) is 29.9 Å². The van der Waals surface area contributed by atoms with Crippen molar-refractivity contribution >= 4 is 17.3 Å². The van der Waals surface area contributed by atoms with Crippen molar-refractivity contribution in [2.24, 2.45) is 0 Å². The predicted molar refractivity (Wildman–Crippen MR) is 67.0 cm³/mol. The van der Waals surface area contributed by atoms with Gasteiger partial charge in [0, 0.05) is 36.0 Å². The molecule has 0 amide bonds. The van der Waals surface area contributed by atoms with Crippen LogP contribution < -0.4 is 4.90 Å². The molecule has 90 valence electrons. The third-order valence-electron chi connectivity index (χ3n) is 2.53. The van der Waals surface area contributed by atoms with Crippen LogP contribution in [-0.2, 0) is 6.61 Å². The number of rotatable bonds is 6. The van der Waals surface area contributed by atoms with Gasteiger partial charge in [-0.3, -0.25) is 0 Å². The highest BCUT2D eigenvalue weighted by Crippen LogP contribution is 2.25. The van der Waals surface area contributed by atoms with Gasteiger partial charge in [0.2, 0.25) is 0 Å². The standard InChI is InChI=1S/C12H18ClNO2/c1-2-14(6-3-7-15)12-8-11(13)5-4-10(12)9-16/h4-5,8,15-16H,2-3,6-7,9H2,1H3. The van der Waals surface area contributed by atoms with E-state index in [2.05, 4.69) is 4.90 Å². The Kier molecular flexibility index (Phi) is 5.60. The van der Waals surface area contributed by atoms with Crippen LogP contribution in [0.3, 0.4) is 0 Å². The smallest absolute Gasteiger partial charge is 0.0702 e. The summed E-state index contributed by atoms with van der Waals surface area (Å²) in [5.74, 6) is 0. The Morgan fingerprint density at radius 3 is 2.62 bits per heavy atom. The average Bonchev–Trinajstić information content (AvgIpc) is 2.30. The van der Waals surface area contributed by atoms with Gasteiger partial charge in [0.25, 0.3) is 0 Å². The molecule has 0 aromatic heterocycles. The molecule has 0 saturated carbocycles. The lowest BCUT2D eigenvalue weighted by molar-refractivity contribution is 0.281. The number of nitrogens with zero attached hydrogens (tertiary/aromatic N) is 1. The molecular weight excluding hydrogens is 226 g/mol. The van der Waals surface area contributed by atoms with E-state index >= 15 is 0 Å². The Morgan fingerprint density at radius 2 is 2.06 bits per heavy atom. The molecule has 1 aromatic rings. The number of anilines is 1. The fourth-order valence-corrected chi connectivity index (χ4v) is 1.84. The molecule has 2 N–H and O–H groups in total. The van der Waals surface area contributed by atoms with E-state index in [1.807, 2.05) is 19.1 Å². The highest BCUT2D eigenvalue weighted by atomic mass is 35.5. The summed E-state index contributed by atoms with van der Waals surface area (Å²) in [6.45, 7) is 3.81. The first-order chi connectivity index (χ1) is 7.72. The van der Waals surface area contributed by atoms with Crippen molar-refractivity contribution in [3.8, 4) is 0 Å². The summed E-state index contributed by atoms with van der Waals surface area (Å²) in [6, 6.07) is 5.46. The molecule has 3 nitrogen and oxygen atoms in total. The first-order valence-electron chi connectivity index (χ1n) is 5.48. The summed E-state index contributed by atoms with van der Waals surface area (Å²) in [4.78, 5) is 2.10. The van der Waals surface area contributed by atoms with Crippen molar-refractivity contribution in [3.63, 3.8) is 0 Å². The first-order valence-corrected chi connectivity index (χ1v) is 5.85. The lowest BCUT2D eigenvalue weighted by atomic mass is 10.1. The summed E-state index contributed by atoms with van der Waals surface area (Å²) in [5.41, 5.74) is 1.81. The second kappa shape index (κ2) is 6.74. The summed E-state index contributed by atoms with van der Waals surface area (Å²) in [6.07, 6.45) is 0.714. The topological polar surface area (TPSA) is 43.7 Å². The molecule has 16 heavy (non-hydrogen) atoms. The SMILES string of the molecule is CCN(CCCO)c1cc(Cl)ccc1CO. The number of halogens is 1. The van der Waals surface area contributed by atoms with Crippen LogP contribution >= 0.6 is 11.6 Å². The largest absolute Gasteiger partial charge is 0.396 e. The van der Waals surface area contributed by atoms with E-state index in [4.69, 9.17) is 16.7 Å². The van der Waals surface area contributed by atoms with Crippen molar-refractivity contribution in [1.29, 1.82) is 0 Å². The predicted octanol–water partition coefficient (Wildman–Crippen LogP) is 2.04. The Hall–Kier alpha value is -0.770. The zero-order chi connectivity index (χ0) is 12.0. The van der Waals surface area contributed by atoms with Crippen LogP contribution in [0.2, 0.25) is 5.02 Å². The molecule has 0 atom stereocenters. The molecule has 0 saturated heterocycles. The summed E-state index contributed by atoms with van der Waals surface area (Å²) in [5, 5.41) is 18.8.